The predicted octanol–water partition coefficient (Wildman–Crippen LogP) is 0.152. The van der Waals surface area contributed by atoms with Crippen LogP contribution in [0, 0.1) is 0 Å². The van der Waals surface area contributed by atoms with Gasteiger partial charge in [-0.15, -0.1) is 0 Å². The van der Waals surface area contributed by atoms with E-state index in [0.717, 1.165) is 0 Å². The second-order valence-corrected chi connectivity index (χ2v) is 5.23. The van der Waals surface area contributed by atoms with Crippen molar-refractivity contribution in [3.8, 4) is 0 Å². The molecule has 4 nitrogen and oxygen atoms in total. The Morgan fingerprint density at radius 3 is 2.62 bits per heavy atom. The van der Waals surface area contributed by atoms with Crippen LogP contribution in [-0.4, -0.2) is 31.6 Å². The van der Waals surface area contributed by atoms with Crippen LogP contribution in [0.1, 0.15) is 6.42 Å². The van der Waals surface area contributed by atoms with E-state index in [9.17, 15) is 13.2 Å². The molecule has 0 aromatic carbocycles. The van der Waals surface area contributed by atoms with Crippen molar-refractivity contribution in [2.75, 3.05) is 12.0 Å². The molecular weight excluding hydrogens is 210 g/mol. The highest BCUT2D eigenvalue weighted by molar-refractivity contribution is 8.08. The van der Waals surface area contributed by atoms with Crippen molar-refractivity contribution in [3.63, 3.8) is 0 Å². The molecule has 0 aromatic rings. The Balaban J connectivity index is 4.35. The van der Waals surface area contributed by atoms with Gasteiger partial charge in [0.05, 0.1) is 6.04 Å². The number of carbonyl (C=O) groups is 1. The average Bonchev–Trinajstić information content (AvgIpc) is 2.12. The first-order chi connectivity index (χ1) is 5.95. The second-order valence-electron chi connectivity index (χ2n) is 2.42. The van der Waals surface area contributed by atoms with Gasteiger partial charge in [-0.2, -0.15) is 11.8 Å². The van der Waals surface area contributed by atoms with E-state index < -0.39 is 21.0 Å². The quantitative estimate of drug-likeness (QED) is 0.718. The molecule has 6 heteroatoms. The van der Waals surface area contributed by atoms with Gasteiger partial charge in [-0.25, -0.2) is 8.42 Å². The molecule has 0 saturated heterocycles. The first kappa shape index (κ1) is 12.7. The van der Waals surface area contributed by atoms with Crippen LogP contribution in [0.4, 0.5) is 0 Å². The van der Waals surface area contributed by atoms with E-state index in [-0.39, 0.29) is 0 Å². The molecule has 0 aromatic heterocycles. The third-order valence-corrected chi connectivity index (χ3v) is 3.38. The van der Waals surface area contributed by atoms with E-state index in [1.807, 2.05) is 6.26 Å². The summed E-state index contributed by atoms with van der Waals surface area (Å²) in [5, 5.41) is -0.314. The van der Waals surface area contributed by atoms with E-state index >= 15 is 0 Å². The molecule has 0 radical (unpaired) electrons. The second kappa shape index (κ2) is 5.41. The highest BCUT2D eigenvalue weighted by Gasteiger charge is 2.24. The fourth-order valence-corrected chi connectivity index (χ4v) is 1.85. The van der Waals surface area contributed by atoms with Crippen LogP contribution in [0.15, 0.2) is 12.0 Å². The first-order valence-electron chi connectivity index (χ1n) is 3.61. The summed E-state index contributed by atoms with van der Waals surface area (Å²) in [7, 11) is -3.84. The third-order valence-electron chi connectivity index (χ3n) is 1.44. The van der Waals surface area contributed by atoms with Crippen LogP contribution in [0.25, 0.3) is 0 Å². The highest BCUT2D eigenvalue weighted by atomic mass is 32.2. The van der Waals surface area contributed by atoms with Crippen LogP contribution in [0.5, 0.6) is 0 Å². The van der Waals surface area contributed by atoms with E-state index in [2.05, 4.69) is 6.58 Å². The van der Waals surface area contributed by atoms with E-state index in [4.69, 9.17) is 5.73 Å². The zero-order valence-electron chi connectivity index (χ0n) is 7.39. The van der Waals surface area contributed by atoms with E-state index in [1.165, 1.54) is 11.8 Å². The van der Waals surface area contributed by atoms with Crippen molar-refractivity contribution >= 4 is 26.7 Å². The molecule has 1 atom stereocenters. The summed E-state index contributed by atoms with van der Waals surface area (Å²) < 4.78 is 21.9. The molecule has 0 aliphatic heterocycles. The summed E-state index contributed by atoms with van der Waals surface area (Å²) in [6.45, 7) is 3.05. The number of sulfone groups is 1. The lowest BCUT2D eigenvalue weighted by Gasteiger charge is -2.07. The summed E-state index contributed by atoms with van der Waals surface area (Å²) in [5.74, 6) is 0.666. The number of carbonyl (C=O) groups excluding carboxylic acids is 1. The molecule has 0 rings (SSSR count). The van der Waals surface area contributed by atoms with Crippen molar-refractivity contribution in [1.82, 2.24) is 0 Å². The van der Waals surface area contributed by atoms with Gasteiger partial charge in [0, 0.05) is 5.41 Å². The minimum absolute atomic E-state index is 0.368. The molecule has 0 aliphatic rings. The Kier molecular flexibility index (Phi) is 5.27. The zero-order chi connectivity index (χ0) is 10.5. The molecule has 0 amide bonds. The third kappa shape index (κ3) is 3.93. The predicted molar refractivity (Wildman–Crippen MR) is 55.1 cm³/mol. The van der Waals surface area contributed by atoms with Crippen LogP contribution in [0.3, 0.4) is 0 Å². The maximum atomic E-state index is 11.1. The monoisotopic (exact) mass is 223 g/mol. The highest BCUT2D eigenvalue weighted by Crippen LogP contribution is 2.04. The van der Waals surface area contributed by atoms with Gasteiger partial charge in [-0.3, -0.25) is 4.79 Å². The van der Waals surface area contributed by atoms with E-state index in [1.54, 1.807) is 0 Å². The molecule has 0 spiro atoms. The summed E-state index contributed by atoms with van der Waals surface area (Å²) in [6.07, 6.45) is 2.23. The Bertz CT molecular complexity index is 284. The van der Waals surface area contributed by atoms with Gasteiger partial charge in [0.2, 0.25) is 9.84 Å². The summed E-state index contributed by atoms with van der Waals surface area (Å²) >= 11 is 1.51. The van der Waals surface area contributed by atoms with Gasteiger partial charge < -0.3 is 5.73 Å². The van der Waals surface area contributed by atoms with Gasteiger partial charge in [0.25, 0.3) is 5.12 Å². The van der Waals surface area contributed by atoms with Crippen LogP contribution >= 0.6 is 11.8 Å². The first-order valence-corrected chi connectivity index (χ1v) is 6.55. The Morgan fingerprint density at radius 1 is 1.69 bits per heavy atom. The maximum absolute atomic E-state index is 11.1. The van der Waals surface area contributed by atoms with Gasteiger partial charge in [-0.05, 0) is 18.4 Å². The minimum Gasteiger partial charge on any atom is -0.321 e. The Morgan fingerprint density at radius 2 is 2.23 bits per heavy atom. The number of hydrogen-bond acceptors (Lipinski definition) is 5. The van der Waals surface area contributed by atoms with Crippen molar-refractivity contribution in [2.24, 2.45) is 5.73 Å². The van der Waals surface area contributed by atoms with Crippen molar-refractivity contribution in [3.05, 3.63) is 12.0 Å². The molecule has 0 aliphatic carbocycles. The van der Waals surface area contributed by atoms with Gasteiger partial charge in [0.15, 0.2) is 0 Å². The van der Waals surface area contributed by atoms with Crippen LogP contribution < -0.4 is 5.73 Å². The van der Waals surface area contributed by atoms with Gasteiger partial charge in [-0.1, -0.05) is 6.58 Å². The molecule has 0 fully saturated rings. The number of rotatable bonds is 5. The fraction of sp³-hybridized carbons (Fsp3) is 0.571. The lowest BCUT2D eigenvalue weighted by atomic mass is 10.3. The molecule has 76 valence electrons. The summed E-state index contributed by atoms with van der Waals surface area (Å²) in [4.78, 5) is 11.1. The molecule has 0 bridgehead atoms. The minimum atomic E-state index is -3.84. The molecule has 13 heavy (non-hydrogen) atoms. The van der Waals surface area contributed by atoms with E-state index in [0.29, 0.717) is 17.6 Å². The normalized spacial score (nSPS) is 13.7. The van der Waals surface area contributed by atoms with Crippen molar-refractivity contribution in [2.45, 2.75) is 12.5 Å². The fourth-order valence-electron chi connectivity index (χ4n) is 0.656. The number of thioether (sulfide) groups is 1. The smallest absolute Gasteiger partial charge is 0.267 e. The largest absolute Gasteiger partial charge is 0.321 e. The lowest BCUT2D eigenvalue weighted by molar-refractivity contribution is -0.112. The zero-order valence-corrected chi connectivity index (χ0v) is 9.03. The van der Waals surface area contributed by atoms with Gasteiger partial charge in [0.1, 0.15) is 0 Å². The summed E-state index contributed by atoms with van der Waals surface area (Å²) in [5.41, 5.74) is 5.38. The maximum Gasteiger partial charge on any atom is 0.267 e. The SMILES string of the molecule is C=CS(=O)(=O)C(=O)C(N)CCSC. The van der Waals surface area contributed by atoms with Crippen molar-refractivity contribution < 1.29 is 13.2 Å². The molecule has 0 saturated carbocycles. The summed E-state index contributed by atoms with van der Waals surface area (Å²) in [6, 6.07) is -0.935. The number of hydrogen-bond donors (Lipinski definition) is 1. The standard InChI is InChI=1S/C7H13NO3S2/c1-3-13(10,11)7(9)6(8)4-5-12-2/h3,6H,1,4-5,8H2,2H3. The lowest BCUT2D eigenvalue weighted by Crippen LogP contribution is -2.35. The molecule has 1 unspecified atom stereocenters. The Labute approximate surface area is 82.5 Å². The molecule has 2 N–H and O–H groups in total. The van der Waals surface area contributed by atoms with Crippen molar-refractivity contribution in [1.29, 1.82) is 0 Å². The van der Waals surface area contributed by atoms with Gasteiger partial charge >= 0.3 is 0 Å². The molecular formula is C7H13NO3S2. The van der Waals surface area contributed by atoms with Crippen LogP contribution in [0.2, 0.25) is 0 Å². The average molecular weight is 223 g/mol. The topological polar surface area (TPSA) is 77.2 Å². The van der Waals surface area contributed by atoms with Crippen LogP contribution in [-0.2, 0) is 14.6 Å². The number of nitrogens with two attached hydrogens (primary N) is 1. The Hall–Kier alpha value is -0.330. The molecule has 0 heterocycles.